The molecular weight excluding hydrogens is 284 g/mol. The molecule has 21 heavy (non-hydrogen) atoms. The lowest BCUT2D eigenvalue weighted by Crippen LogP contribution is -2.34. The number of methoxy groups -OCH3 is 1. The summed E-state index contributed by atoms with van der Waals surface area (Å²) in [7, 11) is 3.33. The van der Waals surface area contributed by atoms with Crippen LogP contribution in [0.2, 0.25) is 0 Å². The molecule has 5 heteroatoms. The van der Waals surface area contributed by atoms with Gasteiger partial charge in [-0.3, -0.25) is 9.69 Å². The summed E-state index contributed by atoms with van der Waals surface area (Å²) in [6, 6.07) is 12.0. The van der Waals surface area contributed by atoms with Crippen molar-refractivity contribution in [1.82, 2.24) is 10.2 Å². The number of amides is 1. The molecule has 1 N–H and O–H groups in total. The van der Waals surface area contributed by atoms with Crippen molar-refractivity contribution in [3.05, 3.63) is 52.2 Å². The van der Waals surface area contributed by atoms with E-state index >= 15 is 0 Å². The van der Waals surface area contributed by atoms with E-state index in [1.54, 1.807) is 25.5 Å². The van der Waals surface area contributed by atoms with E-state index in [4.69, 9.17) is 4.74 Å². The highest BCUT2D eigenvalue weighted by Crippen LogP contribution is 2.21. The lowest BCUT2D eigenvalue weighted by Gasteiger charge is -2.22. The van der Waals surface area contributed by atoms with E-state index in [2.05, 4.69) is 21.7 Å². The Balaban J connectivity index is 2.12. The van der Waals surface area contributed by atoms with E-state index in [0.717, 1.165) is 17.9 Å². The third-order valence-corrected chi connectivity index (χ3v) is 4.05. The monoisotopic (exact) mass is 304 g/mol. The predicted octanol–water partition coefficient (Wildman–Crippen LogP) is 2.50. The maximum atomic E-state index is 11.7. The van der Waals surface area contributed by atoms with Gasteiger partial charge >= 0.3 is 0 Å². The van der Waals surface area contributed by atoms with Crippen LogP contribution >= 0.6 is 11.3 Å². The van der Waals surface area contributed by atoms with Gasteiger partial charge in [0.2, 0.25) is 5.91 Å². The topological polar surface area (TPSA) is 41.6 Å². The number of likely N-dealkylation sites (N-methyl/N-ethyl adjacent to an activating group) is 1. The second-order valence-electron chi connectivity index (χ2n) is 4.71. The molecule has 0 saturated carbocycles. The van der Waals surface area contributed by atoms with Gasteiger partial charge in [0.15, 0.2) is 0 Å². The van der Waals surface area contributed by atoms with Crippen molar-refractivity contribution >= 4 is 17.2 Å². The number of nitrogens with zero attached hydrogens (tertiary/aromatic N) is 1. The number of ether oxygens (including phenoxy) is 1. The minimum Gasteiger partial charge on any atom is -0.496 e. The van der Waals surface area contributed by atoms with Crippen LogP contribution in [0.25, 0.3) is 0 Å². The van der Waals surface area contributed by atoms with Crippen LogP contribution in [0.5, 0.6) is 5.75 Å². The highest BCUT2D eigenvalue weighted by molar-refractivity contribution is 7.09. The van der Waals surface area contributed by atoms with Gasteiger partial charge in [0.05, 0.1) is 13.7 Å². The molecule has 0 unspecified atom stereocenters. The number of para-hydroxylation sites is 1. The van der Waals surface area contributed by atoms with Gasteiger partial charge in [-0.05, 0) is 17.5 Å². The molecule has 0 radical (unpaired) electrons. The first-order valence-electron chi connectivity index (χ1n) is 6.80. The molecule has 4 nitrogen and oxygen atoms in total. The summed E-state index contributed by atoms with van der Waals surface area (Å²) in [5, 5.41) is 4.73. The van der Waals surface area contributed by atoms with Gasteiger partial charge in [-0.1, -0.05) is 24.3 Å². The van der Waals surface area contributed by atoms with E-state index in [1.165, 1.54) is 4.88 Å². The number of benzene rings is 1. The molecule has 1 aromatic carbocycles. The van der Waals surface area contributed by atoms with E-state index in [0.29, 0.717) is 13.1 Å². The lowest BCUT2D eigenvalue weighted by molar-refractivity contribution is -0.122. The fraction of sp³-hybridized carbons (Fsp3) is 0.312. The summed E-state index contributed by atoms with van der Waals surface area (Å²) in [6.07, 6.45) is 0. The van der Waals surface area contributed by atoms with Crippen molar-refractivity contribution < 1.29 is 9.53 Å². The third kappa shape index (κ3) is 4.58. The minimum absolute atomic E-state index is 0.0152. The zero-order valence-corrected chi connectivity index (χ0v) is 13.2. The second kappa shape index (κ2) is 7.81. The summed E-state index contributed by atoms with van der Waals surface area (Å²) < 4.78 is 5.39. The Bertz CT molecular complexity index is 569. The molecule has 112 valence electrons. The highest BCUT2D eigenvalue weighted by atomic mass is 32.1. The van der Waals surface area contributed by atoms with E-state index in [1.807, 2.05) is 30.3 Å². The molecule has 0 atom stereocenters. The first-order chi connectivity index (χ1) is 10.2. The fourth-order valence-electron chi connectivity index (χ4n) is 2.15. The largest absolute Gasteiger partial charge is 0.496 e. The summed E-state index contributed by atoms with van der Waals surface area (Å²) >= 11 is 1.70. The number of hydrogen-bond acceptors (Lipinski definition) is 4. The van der Waals surface area contributed by atoms with Crippen molar-refractivity contribution in [1.29, 1.82) is 0 Å². The van der Waals surface area contributed by atoms with Gasteiger partial charge in [-0.2, -0.15) is 0 Å². The van der Waals surface area contributed by atoms with Crippen molar-refractivity contribution in [2.24, 2.45) is 0 Å². The van der Waals surface area contributed by atoms with Crippen LogP contribution < -0.4 is 10.1 Å². The average molecular weight is 304 g/mol. The third-order valence-electron chi connectivity index (χ3n) is 3.19. The number of hydrogen-bond donors (Lipinski definition) is 1. The molecule has 0 fully saturated rings. The zero-order valence-electron chi connectivity index (χ0n) is 12.3. The molecule has 0 spiro atoms. The SMILES string of the molecule is CNC(=O)CN(Cc1cccs1)Cc1ccccc1OC. The van der Waals surface area contributed by atoms with Gasteiger partial charge in [0.1, 0.15) is 5.75 Å². The molecule has 1 aromatic heterocycles. The van der Waals surface area contributed by atoms with Crippen LogP contribution in [0.15, 0.2) is 41.8 Å². The molecule has 2 aromatic rings. The number of nitrogens with one attached hydrogen (secondary N) is 1. The lowest BCUT2D eigenvalue weighted by atomic mass is 10.2. The Labute approximate surface area is 129 Å². The van der Waals surface area contributed by atoms with E-state index in [-0.39, 0.29) is 5.91 Å². The highest BCUT2D eigenvalue weighted by Gasteiger charge is 2.13. The number of carbonyl (C=O) groups is 1. The van der Waals surface area contributed by atoms with Gasteiger partial charge in [0.25, 0.3) is 0 Å². The Morgan fingerprint density at radius 3 is 2.71 bits per heavy atom. The van der Waals surface area contributed by atoms with Crippen molar-refractivity contribution in [3.63, 3.8) is 0 Å². The fourth-order valence-corrected chi connectivity index (χ4v) is 2.89. The smallest absolute Gasteiger partial charge is 0.233 e. The Morgan fingerprint density at radius 1 is 1.24 bits per heavy atom. The maximum Gasteiger partial charge on any atom is 0.233 e. The average Bonchev–Trinajstić information content (AvgIpc) is 3.00. The first-order valence-corrected chi connectivity index (χ1v) is 7.68. The van der Waals surface area contributed by atoms with E-state index < -0.39 is 0 Å². The molecule has 2 rings (SSSR count). The predicted molar refractivity (Wildman–Crippen MR) is 85.5 cm³/mol. The molecular formula is C16H20N2O2S. The van der Waals surface area contributed by atoms with Crippen LogP contribution in [-0.4, -0.2) is 31.5 Å². The maximum absolute atomic E-state index is 11.7. The van der Waals surface area contributed by atoms with E-state index in [9.17, 15) is 4.79 Å². The Morgan fingerprint density at radius 2 is 2.05 bits per heavy atom. The van der Waals surface area contributed by atoms with Crippen molar-refractivity contribution in [2.45, 2.75) is 13.1 Å². The van der Waals surface area contributed by atoms with Crippen LogP contribution in [0.4, 0.5) is 0 Å². The summed E-state index contributed by atoms with van der Waals surface area (Å²) in [4.78, 5) is 15.1. The Hall–Kier alpha value is -1.85. The summed E-state index contributed by atoms with van der Waals surface area (Å²) in [5.41, 5.74) is 1.08. The Kier molecular flexibility index (Phi) is 5.78. The molecule has 0 saturated heterocycles. The quantitative estimate of drug-likeness (QED) is 0.854. The number of carbonyl (C=O) groups excluding carboxylic acids is 1. The molecule has 1 heterocycles. The van der Waals surface area contributed by atoms with Crippen LogP contribution in [-0.2, 0) is 17.9 Å². The zero-order chi connectivity index (χ0) is 15.1. The first kappa shape index (κ1) is 15.5. The normalized spacial score (nSPS) is 10.6. The molecule has 0 aliphatic rings. The minimum atomic E-state index is 0.0152. The summed E-state index contributed by atoms with van der Waals surface area (Å²) in [6.45, 7) is 1.80. The molecule has 1 amide bonds. The van der Waals surface area contributed by atoms with Crippen LogP contribution in [0, 0.1) is 0 Å². The van der Waals surface area contributed by atoms with Crippen molar-refractivity contribution in [3.8, 4) is 5.75 Å². The van der Waals surface area contributed by atoms with Crippen LogP contribution in [0.3, 0.4) is 0 Å². The molecule has 0 aliphatic carbocycles. The van der Waals surface area contributed by atoms with Gasteiger partial charge in [0, 0.05) is 30.6 Å². The standard InChI is InChI=1S/C16H20N2O2S/c1-17-16(19)12-18(11-14-7-5-9-21-14)10-13-6-3-4-8-15(13)20-2/h3-9H,10-12H2,1-2H3,(H,17,19). The number of rotatable bonds is 7. The van der Waals surface area contributed by atoms with Gasteiger partial charge in [-0.25, -0.2) is 0 Å². The second-order valence-corrected chi connectivity index (χ2v) is 5.74. The van der Waals surface area contributed by atoms with Crippen molar-refractivity contribution in [2.75, 3.05) is 20.7 Å². The number of thiophene rings is 1. The summed E-state index contributed by atoms with van der Waals surface area (Å²) in [5.74, 6) is 0.868. The van der Waals surface area contributed by atoms with Crippen LogP contribution in [0.1, 0.15) is 10.4 Å². The van der Waals surface area contributed by atoms with Gasteiger partial charge in [-0.15, -0.1) is 11.3 Å². The molecule has 0 aliphatic heterocycles. The molecule has 0 bridgehead atoms. The van der Waals surface area contributed by atoms with Gasteiger partial charge < -0.3 is 10.1 Å².